The van der Waals surface area contributed by atoms with Crippen molar-refractivity contribution >= 4 is 17.8 Å². The third-order valence-electron chi connectivity index (χ3n) is 2.07. The maximum atomic E-state index is 5.56. The molecule has 0 N–H and O–H groups in total. The van der Waals surface area contributed by atoms with Crippen LogP contribution in [0.2, 0.25) is 0 Å². The van der Waals surface area contributed by atoms with Crippen molar-refractivity contribution in [2.24, 2.45) is 4.99 Å². The normalized spacial score (nSPS) is 10.7. The van der Waals surface area contributed by atoms with Gasteiger partial charge in [-0.1, -0.05) is 0 Å². The second kappa shape index (κ2) is 7.12. The monoisotopic (exact) mass is 241 g/mol. The highest BCUT2D eigenvalue weighted by molar-refractivity contribution is 6.17. The predicted molar refractivity (Wildman–Crippen MR) is 67.3 cm³/mol. The quantitative estimate of drug-likeness (QED) is 0.436. The summed E-state index contributed by atoms with van der Waals surface area (Å²) in [5.41, 5.74) is 0.993. The fraction of sp³-hybridized carbons (Fsp3) is 0.417. The van der Waals surface area contributed by atoms with Crippen LogP contribution < -0.4 is 9.47 Å². The van der Waals surface area contributed by atoms with Crippen LogP contribution in [0.1, 0.15) is 12.0 Å². The second-order valence-electron chi connectivity index (χ2n) is 3.19. The predicted octanol–water partition coefficient (Wildman–Crippen LogP) is 2.75. The summed E-state index contributed by atoms with van der Waals surface area (Å²) in [4.78, 5) is 4.26. The van der Waals surface area contributed by atoms with Crippen molar-refractivity contribution in [2.45, 2.75) is 6.42 Å². The molecule has 1 aromatic carbocycles. The lowest BCUT2D eigenvalue weighted by Crippen LogP contribution is -1.92. The van der Waals surface area contributed by atoms with E-state index in [1.54, 1.807) is 14.2 Å². The second-order valence-corrected chi connectivity index (χ2v) is 3.57. The Balaban J connectivity index is 2.71. The minimum absolute atomic E-state index is 0.642. The first-order chi connectivity index (χ1) is 7.81. The summed E-state index contributed by atoms with van der Waals surface area (Å²) in [6, 6.07) is 5.69. The highest BCUT2D eigenvalue weighted by atomic mass is 35.5. The molecule has 0 saturated carbocycles. The van der Waals surface area contributed by atoms with Crippen LogP contribution in [0.25, 0.3) is 0 Å². The van der Waals surface area contributed by atoms with Gasteiger partial charge in [0.25, 0.3) is 0 Å². The van der Waals surface area contributed by atoms with Crippen LogP contribution in [0, 0.1) is 0 Å². The van der Waals surface area contributed by atoms with E-state index in [2.05, 4.69) is 4.99 Å². The van der Waals surface area contributed by atoms with Crippen molar-refractivity contribution in [3.63, 3.8) is 0 Å². The Hall–Kier alpha value is -1.22. The molecule has 0 aromatic heterocycles. The van der Waals surface area contributed by atoms with E-state index >= 15 is 0 Å². The van der Waals surface area contributed by atoms with Crippen LogP contribution in [0.3, 0.4) is 0 Å². The number of methoxy groups -OCH3 is 2. The Kier molecular flexibility index (Phi) is 5.72. The van der Waals surface area contributed by atoms with Crippen molar-refractivity contribution in [1.29, 1.82) is 0 Å². The third-order valence-corrected chi connectivity index (χ3v) is 2.34. The summed E-state index contributed by atoms with van der Waals surface area (Å²) in [6.07, 6.45) is 2.71. The topological polar surface area (TPSA) is 30.8 Å². The molecule has 0 aliphatic rings. The van der Waals surface area contributed by atoms with E-state index in [0.717, 1.165) is 24.3 Å². The van der Waals surface area contributed by atoms with E-state index in [1.165, 1.54) is 0 Å². The summed E-state index contributed by atoms with van der Waals surface area (Å²) in [6.45, 7) is 0.748. The Morgan fingerprint density at radius 2 is 2.00 bits per heavy atom. The van der Waals surface area contributed by atoms with E-state index in [-0.39, 0.29) is 0 Å². The molecule has 0 fully saturated rings. The molecule has 88 valence electrons. The van der Waals surface area contributed by atoms with Crippen LogP contribution in [0.15, 0.2) is 23.2 Å². The Morgan fingerprint density at radius 3 is 2.62 bits per heavy atom. The fourth-order valence-corrected chi connectivity index (χ4v) is 1.37. The first-order valence-electron chi connectivity index (χ1n) is 5.09. The van der Waals surface area contributed by atoms with E-state index in [9.17, 15) is 0 Å². The lowest BCUT2D eigenvalue weighted by atomic mass is 10.2. The lowest BCUT2D eigenvalue weighted by molar-refractivity contribution is 0.355. The SMILES string of the molecule is COc1ccc(C=NCCCCl)cc1OC. The average molecular weight is 242 g/mol. The Bertz CT molecular complexity index is 353. The van der Waals surface area contributed by atoms with Gasteiger partial charge in [0, 0.05) is 18.6 Å². The zero-order valence-corrected chi connectivity index (χ0v) is 10.3. The van der Waals surface area contributed by atoms with Gasteiger partial charge in [-0.25, -0.2) is 0 Å². The van der Waals surface area contributed by atoms with Gasteiger partial charge in [-0.3, -0.25) is 4.99 Å². The number of rotatable bonds is 6. The number of hydrogen-bond donors (Lipinski definition) is 0. The first-order valence-corrected chi connectivity index (χ1v) is 5.63. The van der Waals surface area contributed by atoms with Gasteiger partial charge in [0.2, 0.25) is 0 Å². The molecule has 0 aliphatic carbocycles. The van der Waals surface area contributed by atoms with Crippen LogP contribution in [-0.4, -0.2) is 32.9 Å². The smallest absolute Gasteiger partial charge is 0.161 e. The molecule has 4 heteroatoms. The van der Waals surface area contributed by atoms with Gasteiger partial charge in [0.05, 0.1) is 14.2 Å². The minimum atomic E-state index is 0.642. The minimum Gasteiger partial charge on any atom is -0.493 e. The molecule has 0 heterocycles. The molecular weight excluding hydrogens is 226 g/mol. The Morgan fingerprint density at radius 1 is 1.25 bits per heavy atom. The number of alkyl halides is 1. The molecule has 0 unspecified atom stereocenters. The third kappa shape index (κ3) is 3.74. The molecule has 0 amide bonds. The molecule has 0 bridgehead atoms. The highest BCUT2D eigenvalue weighted by Crippen LogP contribution is 2.26. The Labute approximate surface area is 101 Å². The summed E-state index contributed by atoms with van der Waals surface area (Å²) >= 11 is 5.56. The zero-order valence-electron chi connectivity index (χ0n) is 9.57. The number of benzene rings is 1. The maximum absolute atomic E-state index is 5.56. The van der Waals surface area contributed by atoms with Crippen LogP contribution in [0.5, 0.6) is 11.5 Å². The van der Waals surface area contributed by atoms with Crippen LogP contribution >= 0.6 is 11.6 Å². The van der Waals surface area contributed by atoms with Gasteiger partial charge >= 0.3 is 0 Å². The van der Waals surface area contributed by atoms with E-state index in [0.29, 0.717) is 11.6 Å². The van der Waals surface area contributed by atoms with E-state index in [4.69, 9.17) is 21.1 Å². The molecule has 0 aliphatic heterocycles. The molecule has 1 aromatic rings. The largest absolute Gasteiger partial charge is 0.493 e. The summed E-state index contributed by atoms with van der Waals surface area (Å²) in [5, 5.41) is 0. The zero-order chi connectivity index (χ0) is 11.8. The number of hydrogen-bond acceptors (Lipinski definition) is 3. The van der Waals surface area contributed by atoms with Crippen molar-refractivity contribution in [1.82, 2.24) is 0 Å². The number of ether oxygens (including phenoxy) is 2. The molecule has 0 saturated heterocycles. The van der Waals surface area contributed by atoms with Gasteiger partial charge in [-0.15, -0.1) is 11.6 Å². The van der Waals surface area contributed by atoms with Gasteiger partial charge in [-0.2, -0.15) is 0 Å². The van der Waals surface area contributed by atoms with Gasteiger partial charge in [0.15, 0.2) is 11.5 Å². The molecule has 3 nitrogen and oxygen atoms in total. The summed E-state index contributed by atoms with van der Waals surface area (Å²) < 4.78 is 10.3. The van der Waals surface area contributed by atoms with Gasteiger partial charge < -0.3 is 9.47 Å². The molecular formula is C12H16ClNO2. The van der Waals surface area contributed by atoms with Crippen LogP contribution in [0.4, 0.5) is 0 Å². The van der Waals surface area contributed by atoms with Crippen molar-refractivity contribution in [2.75, 3.05) is 26.6 Å². The number of aliphatic imine (C=N–C) groups is 1. The molecule has 0 spiro atoms. The van der Waals surface area contributed by atoms with Crippen molar-refractivity contribution < 1.29 is 9.47 Å². The average Bonchev–Trinajstić information content (AvgIpc) is 2.34. The van der Waals surface area contributed by atoms with Crippen molar-refractivity contribution in [3.05, 3.63) is 23.8 Å². The molecule has 16 heavy (non-hydrogen) atoms. The number of halogens is 1. The highest BCUT2D eigenvalue weighted by Gasteiger charge is 2.02. The van der Waals surface area contributed by atoms with Gasteiger partial charge in [0.1, 0.15) is 0 Å². The lowest BCUT2D eigenvalue weighted by Gasteiger charge is -2.07. The summed E-state index contributed by atoms with van der Waals surface area (Å²) in [7, 11) is 3.23. The van der Waals surface area contributed by atoms with Crippen molar-refractivity contribution in [3.8, 4) is 11.5 Å². The molecule has 0 radical (unpaired) electrons. The first kappa shape index (κ1) is 12.8. The van der Waals surface area contributed by atoms with Gasteiger partial charge in [-0.05, 0) is 30.2 Å². The van der Waals surface area contributed by atoms with E-state index in [1.807, 2.05) is 24.4 Å². The molecule has 1 rings (SSSR count). The fourth-order valence-electron chi connectivity index (χ4n) is 1.25. The maximum Gasteiger partial charge on any atom is 0.161 e. The van der Waals surface area contributed by atoms with Crippen LogP contribution in [-0.2, 0) is 0 Å². The standard InChI is InChI=1S/C12H16ClNO2/c1-15-11-5-4-10(8-12(11)16-2)9-14-7-3-6-13/h4-5,8-9H,3,6-7H2,1-2H3. The molecule has 0 atom stereocenters. The number of nitrogens with zero attached hydrogens (tertiary/aromatic N) is 1. The van der Waals surface area contributed by atoms with E-state index < -0.39 is 0 Å². The summed E-state index contributed by atoms with van der Waals surface area (Å²) in [5.74, 6) is 2.08.